The summed E-state index contributed by atoms with van der Waals surface area (Å²) in [6.45, 7) is 0.859. The molecule has 1 unspecified atom stereocenters. The summed E-state index contributed by atoms with van der Waals surface area (Å²) >= 11 is 0. The van der Waals surface area contributed by atoms with E-state index >= 15 is 0 Å². The van der Waals surface area contributed by atoms with Crippen LogP contribution >= 0.6 is 0 Å². The van der Waals surface area contributed by atoms with Crippen LogP contribution in [0.15, 0.2) is 48.5 Å². The number of hydrogen-bond acceptors (Lipinski definition) is 2. The van der Waals surface area contributed by atoms with E-state index in [1.807, 2.05) is 18.2 Å². The first-order valence-electron chi connectivity index (χ1n) is 7.03. The van der Waals surface area contributed by atoms with Crippen LogP contribution in [0.3, 0.4) is 0 Å². The van der Waals surface area contributed by atoms with Gasteiger partial charge in [0.1, 0.15) is 0 Å². The molecule has 4 rings (SSSR count). The molecule has 2 aromatic rings. The van der Waals surface area contributed by atoms with Gasteiger partial charge in [-0.1, -0.05) is 36.4 Å². The Balaban J connectivity index is 1.80. The van der Waals surface area contributed by atoms with Crippen molar-refractivity contribution in [1.29, 1.82) is 0 Å². The first-order chi connectivity index (χ1) is 9.81. The molecule has 0 fully saturated rings. The van der Waals surface area contributed by atoms with Crippen LogP contribution in [0.1, 0.15) is 17.5 Å². The molecule has 1 atom stereocenters. The van der Waals surface area contributed by atoms with Crippen LogP contribution < -0.4 is 10.2 Å². The molecule has 2 heterocycles. The van der Waals surface area contributed by atoms with Gasteiger partial charge in [-0.15, -0.1) is 0 Å². The number of carbonyl (C=O) groups is 1. The molecule has 3 nitrogen and oxygen atoms in total. The highest BCUT2D eigenvalue weighted by molar-refractivity contribution is 5.93. The van der Waals surface area contributed by atoms with Gasteiger partial charge in [0, 0.05) is 30.4 Å². The fourth-order valence-electron chi connectivity index (χ4n) is 3.30. The predicted molar refractivity (Wildman–Crippen MR) is 79.8 cm³/mol. The number of anilines is 2. The summed E-state index contributed by atoms with van der Waals surface area (Å²) in [6.07, 6.45) is 1.52. The molecule has 3 heteroatoms. The first kappa shape index (κ1) is 11.5. The third-order valence-corrected chi connectivity index (χ3v) is 4.25. The average molecular weight is 264 g/mol. The molecule has 1 N–H and O–H groups in total. The lowest BCUT2D eigenvalue weighted by molar-refractivity contribution is -0.116. The minimum atomic E-state index is 0.111. The van der Waals surface area contributed by atoms with E-state index in [4.69, 9.17) is 0 Å². The van der Waals surface area contributed by atoms with Crippen LogP contribution in [0, 0.1) is 0 Å². The Labute approximate surface area is 118 Å². The van der Waals surface area contributed by atoms with Crippen molar-refractivity contribution in [2.24, 2.45) is 0 Å². The third-order valence-electron chi connectivity index (χ3n) is 4.25. The molecule has 0 aromatic heterocycles. The highest BCUT2D eigenvalue weighted by atomic mass is 16.1. The monoisotopic (exact) mass is 264 g/mol. The maximum absolute atomic E-state index is 12.2. The highest BCUT2D eigenvalue weighted by Crippen LogP contribution is 2.36. The second-order valence-corrected chi connectivity index (χ2v) is 5.52. The van der Waals surface area contributed by atoms with E-state index in [1.54, 1.807) is 0 Å². The van der Waals surface area contributed by atoms with Crippen LogP contribution in [0.4, 0.5) is 11.4 Å². The number of nitrogens with zero attached hydrogens (tertiary/aromatic N) is 1. The van der Waals surface area contributed by atoms with Gasteiger partial charge in [-0.05, 0) is 29.7 Å². The summed E-state index contributed by atoms with van der Waals surface area (Å²) in [4.78, 5) is 14.5. The molecular formula is C17H16N2O. The van der Waals surface area contributed by atoms with E-state index < -0.39 is 0 Å². The van der Waals surface area contributed by atoms with Crippen molar-refractivity contribution >= 4 is 17.3 Å². The number of benzene rings is 2. The van der Waals surface area contributed by atoms with E-state index in [-0.39, 0.29) is 11.9 Å². The zero-order valence-electron chi connectivity index (χ0n) is 11.2. The summed E-state index contributed by atoms with van der Waals surface area (Å²) in [5.41, 5.74) is 4.76. The van der Waals surface area contributed by atoms with E-state index in [9.17, 15) is 4.79 Å². The molecule has 1 amide bonds. The quantitative estimate of drug-likeness (QED) is 0.793. The van der Waals surface area contributed by atoms with E-state index in [2.05, 4.69) is 40.5 Å². The fourth-order valence-corrected chi connectivity index (χ4v) is 3.30. The maximum Gasteiger partial charge on any atom is 0.226 e. The Morgan fingerprint density at radius 3 is 2.60 bits per heavy atom. The molecule has 2 aliphatic heterocycles. The molecular weight excluding hydrogens is 248 g/mol. The SMILES string of the molecule is O=C1CC2Cc3ccccc3N2Cc2ccccc2N1. The molecule has 0 aliphatic carbocycles. The minimum absolute atomic E-state index is 0.111. The van der Waals surface area contributed by atoms with Gasteiger partial charge >= 0.3 is 0 Å². The van der Waals surface area contributed by atoms with Gasteiger partial charge in [0.2, 0.25) is 5.91 Å². The number of fused-ring (bicyclic) bond motifs is 4. The number of nitrogens with one attached hydrogen (secondary N) is 1. The van der Waals surface area contributed by atoms with E-state index in [1.165, 1.54) is 16.8 Å². The smallest absolute Gasteiger partial charge is 0.226 e. The summed E-state index contributed by atoms with van der Waals surface area (Å²) in [5.74, 6) is 0.111. The summed E-state index contributed by atoms with van der Waals surface area (Å²) in [7, 11) is 0. The van der Waals surface area contributed by atoms with Gasteiger partial charge in [-0.3, -0.25) is 4.79 Å². The molecule has 0 bridgehead atoms. The van der Waals surface area contributed by atoms with Crippen LogP contribution in [-0.2, 0) is 17.8 Å². The normalized spacial score (nSPS) is 20.3. The molecule has 0 saturated heterocycles. The second-order valence-electron chi connectivity index (χ2n) is 5.52. The highest BCUT2D eigenvalue weighted by Gasteiger charge is 2.32. The van der Waals surface area contributed by atoms with Gasteiger partial charge < -0.3 is 10.2 Å². The Kier molecular flexibility index (Phi) is 2.52. The topological polar surface area (TPSA) is 32.3 Å². The van der Waals surface area contributed by atoms with Crippen LogP contribution in [0.25, 0.3) is 0 Å². The van der Waals surface area contributed by atoms with Gasteiger partial charge in [-0.2, -0.15) is 0 Å². The molecule has 2 aliphatic rings. The Hall–Kier alpha value is -2.29. The molecule has 0 saturated carbocycles. The van der Waals surface area contributed by atoms with Crippen LogP contribution in [0.2, 0.25) is 0 Å². The van der Waals surface area contributed by atoms with Crippen molar-refractivity contribution < 1.29 is 4.79 Å². The summed E-state index contributed by atoms with van der Waals surface area (Å²) in [6, 6.07) is 16.8. The van der Waals surface area contributed by atoms with Gasteiger partial charge in [0.15, 0.2) is 0 Å². The second kappa shape index (κ2) is 4.37. The third kappa shape index (κ3) is 1.78. The van der Waals surface area contributed by atoms with E-state index in [0.717, 1.165) is 18.7 Å². The zero-order chi connectivity index (χ0) is 13.5. The standard InChI is InChI=1S/C17H16N2O/c20-17-10-14-9-12-5-2-4-8-16(12)19(14)11-13-6-1-3-7-15(13)18-17/h1-8,14H,9-11H2,(H,18,20). The largest absolute Gasteiger partial charge is 0.363 e. The maximum atomic E-state index is 12.2. The first-order valence-corrected chi connectivity index (χ1v) is 7.03. The fraction of sp³-hybridized carbons (Fsp3) is 0.235. The molecule has 0 radical (unpaired) electrons. The Bertz CT molecular complexity index is 680. The molecule has 100 valence electrons. The van der Waals surface area contributed by atoms with Crippen molar-refractivity contribution in [1.82, 2.24) is 0 Å². The number of rotatable bonds is 0. The Morgan fingerprint density at radius 2 is 1.70 bits per heavy atom. The van der Waals surface area contributed by atoms with Crippen molar-refractivity contribution in [3.8, 4) is 0 Å². The van der Waals surface area contributed by atoms with Crippen LogP contribution in [0.5, 0.6) is 0 Å². The summed E-state index contributed by atoms with van der Waals surface area (Å²) < 4.78 is 0. The lowest BCUT2D eigenvalue weighted by atomic mass is 10.0. The molecule has 2 aromatic carbocycles. The lowest BCUT2D eigenvalue weighted by Crippen LogP contribution is -2.37. The van der Waals surface area contributed by atoms with Crippen molar-refractivity contribution in [2.45, 2.75) is 25.4 Å². The number of carbonyl (C=O) groups excluding carboxylic acids is 1. The van der Waals surface area contributed by atoms with Crippen molar-refractivity contribution in [3.05, 3.63) is 59.7 Å². The minimum Gasteiger partial charge on any atom is -0.363 e. The van der Waals surface area contributed by atoms with Crippen LogP contribution in [-0.4, -0.2) is 11.9 Å². The van der Waals surface area contributed by atoms with Crippen molar-refractivity contribution in [3.63, 3.8) is 0 Å². The van der Waals surface area contributed by atoms with Gasteiger partial charge in [-0.25, -0.2) is 0 Å². The summed E-state index contributed by atoms with van der Waals surface area (Å²) in [5, 5.41) is 3.04. The van der Waals surface area contributed by atoms with Gasteiger partial charge in [0.25, 0.3) is 0 Å². The predicted octanol–water partition coefficient (Wildman–Crippen LogP) is 2.96. The average Bonchev–Trinajstić information content (AvgIpc) is 2.76. The van der Waals surface area contributed by atoms with E-state index in [0.29, 0.717) is 6.42 Å². The molecule has 0 spiro atoms. The number of amides is 1. The molecule has 20 heavy (non-hydrogen) atoms. The zero-order valence-corrected chi connectivity index (χ0v) is 11.2. The lowest BCUT2D eigenvalue weighted by Gasteiger charge is -2.30. The van der Waals surface area contributed by atoms with Gasteiger partial charge in [0.05, 0.1) is 0 Å². The van der Waals surface area contributed by atoms with Crippen molar-refractivity contribution in [2.75, 3.05) is 10.2 Å². The Morgan fingerprint density at radius 1 is 0.950 bits per heavy atom. The number of hydrogen-bond donors (Lipinski definition) is 1. The number of para-hydroxylation sites is 2.